The van der Waals surface area contributed by atoms with Gasteiger partial charge in [-0.25, -0.2) is 4.79 Å². The van der Waals surface area contributed by atoms with E-state index < -0.39 is 11.1 Å². The van der Waals surface area contributed by atoms with Crippen LogP contribution in [0.4, 0.5) is 4.79 Å². The first-order valence-electron chi connectivity index (χ1n) is 13.4. The van der Waals surface area contributed by atoms with Crippen LogP contribution >= 0.6 is 0 Å². The number of nitrogens with two attached hydrogens (primary N) is 1. The molecule has 36 heavy (non-hydrogen) atoms. The van der Waals surface area contributed by atoms with Gasteiger partial charge in [0.05, 0.1) is 37.4 Å². The summed E-state index contributed by atoms with van der Waals surface area (Å²) in [5.41, 5.74) is 6.97. The highest BCUT2D eigenvalue weighted by molar-refractivity contribution is 5.71. The number of amides is 1. The van der Waals surface area contributed by atoms with Gasteiger partial charge in [0.25, 0.3) is 0 Å². The molecule has 8 nitrogen and oxygen atoms in total. The summed E-state index contributed by atoms with van der Waals surface area (Å²) >= 11 is 0. The van der Waals surface area contributed by atoms with Gasteiger partial charge in [-0.15, -0.1) is 0 Å². The highest BCUT2D eigenvalue weighted by atomic mass is 16.6. The summed E-state index contributed by atoms with van der Waals surface area (Å²) in [5.74, 6) is 0.253. The van der Waals surface area contributed by atoms with Crippen LogP contribution in [0.3, 0.4) is 0 Å². The second kappa shape index (κ2) is 12.9. The highest BCUT2D eigenvalue weighted by Gasteiger charge is 2.45. The molecule has 3 N–H and O–H groups in total. The lowest BCUT2D eigenvalue weighted by atomic mass is 9.81. The molecule has 2 fully saturated rings. The molecule has 1 heterocycles. The summed E-state index contributed by atoms with van der Waals surface area (Å²) < 4.78 is 17.2. The molecule has 0 aromatic heterocycles. The summed E-state index contributed by atoms with van der Waals surface area (Å²) in [6, 6.07) is 10.3. The van der Waals surface area contributed by atoms with E-state index in [1.54, 1.807) is 11.8 Å². The highest BCUT2D eigenvalue weighted by Crippen LogP contribution is 2.35. The predicted molar refractivity (Wildman–Crippen MR) is 140 cm³/mol. The van der Waals surface area contributed by atoms with E-state index in [2.05, 4.69) is 35.6 Å². The van der Waals surface area contributed by atoms with Crippen molar-refractivity contribution in [2.24, 2.45) is 5.73 Å². The molecule has 0 spiro atoms. The average Bonchev–Trinajstić information content (AvgIpc) is 2.83. The minimum Gasteiger partial charge on any atom is -0.465 e. The van der Waals surface area contributed by atoms with Crippen molar-refractivity contribution in [3.63, 3.8) is 0 Å². The van der Waals surface area contributed by atoms with Gasteiger partial charge < -0.3 is 30.2 Å². The Morgan fingerprint density at radius 3 is 2.47 bits per heavy atom. The molecule has 202 valence electrons. The minimum absolute atomic E-state index is 0.0797. The zero-order valence-electron chi connectivity index (χ0n) is 22.5. The molecule has 1 saturated carbocycles. The summed E-state index contributed by atoms with van der Waals surface area (Å²) in [7, 11) is 0. The predicted octanol–water partition coefficient (Wildman–Crippen LogP) is 3.98. The van der Waals surface area contributed by atoms with Crippen LogP contribution in [0.1, 0.15) is 77.7 Å². The Morgan fingerprint density at radius 1 is 1.14 bits per heavy atom. The molecule has 8 heteroatoms. The summed E-state index contributed by atoms with van der Waals surface area (Å²) in [5, 5.41) is 3.15. The van der Waals surface area contributed by atoms with Gasteiger partial charge in [-0.1, -0.05) is 30.3 Å². The number of esters is 1. The maximum atomic E-state index is 13.1. The molecule has 1 amide bonds. The summed E-state index contributed by atoms with van der Waals surface area (Å²) in [4.78, 5) is 26.7. The Bertz CT molecular complexity index is 835. The fraction of sp³-hybridized carbons (Fsp3) is 0.714. The van der Waals surface area contributed by atoms with Gasteiger partial charge in [0.1, 0.15) is 5.60 Å². The number of nitrogens with zero attached hydrogens (tertiary/aromatic N) is 1. The second-order valence-electron chi connectivity index (χ2n) is 11.2. The Balaban J connectivity index is 1.64. The Morgan fingerprint density at radius 2 is 1.83 bits per heavy atom. The van der Waals surface area contributed by atoms with E-state index in [-0.39, 0.29) is 30.8 Å². The fourth-order valence-electron chi connectivity index (χ4n) is 5.34. The number of rotatable bonds is 9. The molecule has 0 bridgehead atoms. The van der Waals surface area contributed by atoms with Gasteiger partial charge in [0.2, 0.25) is 0 Å². The van der Waals surface area contributed by atoms with Crippen LogP contribution in [0.5, 0.6) is 0 Å². The maximum Gasteiger partial charge on any atom is 0.410 e. The molecule has 1 saturated heterocycles. The lowest BCUT2D eigenvalue weighted by Gasteiger charge is -2.48. The average molecular weight is 504 g/mol. The van der Waals surface area contributed by atoms with Crippen LogP contribution in [0.2, 0.25) is 0 Å². The number of carbonyl (C=O) groups excluding carboxylic acids is 2. The zero-order valence-corrected chi connectivity index (χ0v) is 22.5. The summed E-state index contributed by atoms with van der Waals surface area (Å²) in [6.07, 6.45) is 5.39. The number of piperidine rings is 1. The Kier molecular flexibility index (Phi) is 10.2. The molecule has 1 aliphatic carbocycles. The standard InChI is InChI=1S/C28H45N3O5/c1-5-34-25(32)18-30-20-28(29)16-9-17-31(26(33)36-27(2,3)4)24(28)19-35-23-14-12-22(13-15-23)21-10-7-6-8-11-21/h6-8,10-11,22-24,30H,5,9,12-20,29H2,1-4H3. The molecule has 1 aromatic rings. The van der Waals surface area contributed by atoms with E-state index in [0.717, 1.165) is 38.5 Å². The lowest BCUT2D eigenvalue weighted by molar-refractivity contribution is -0.142. The third kappa shape index (κ3) is 8.18. The second-order valence-corrected chi connectivity index (χ2v) is 11.2. The molecular formula is C28H45N3O5. The van der Waals surface area contributed by atoms with Crippen molar-refractivity contribution in [1.82, 2.24) is 10.2 Å². The molecule has 1 aliphatic heterocycles. The first-order chi connectivity index (χ1) is 17.1. The van der Waals surface area contributed by atoms with E-state index in [4.69, 9.17) is 19.9 Å². The Labute approximate surface area is 216 Å². The number of likely N-dealkylation sites (tertiary alicyclic amines) is 1. The first-order valence-corrected chi connectivity index (χ1v) is 13.4. The number of carbonyl (C=O) groups is 2. The number of hydrogen-bond donors (Lipinski definition) is 2. The quantitative estimate of drug-likeness (QED) is 0.491. The molecule has 2 atom stereocenters. The third-order valence-corrected chi connectivity index (χ3v) is 7.17. The van der Waals surface area contributed by atoms with Crippen LogP contribution in [0.15, 0.2) is 30.3 Å². The zero-order chi connectivity index (χ0) is 26.2. The number of nitrogens with one attached hydrogen (secondary N) is 1. The van der Waals surface area contributed by atoms with E-state index in [1.165, 1.54) is 5.56 Å². The van der Waals surface area contributed by atoms with Crippen molar-refractivity contribution in [2.45, 2.75) is 95.4 Å². The van der Waals surface area contributed by atoms with Gasteiger partial charge >= 0.3 is 12.1 Å². The number of ether oxygens (including phenoxy) is 3. The van der Waals surface area contributed by atoms with Crippen LogP contribution < -0.4 is 11.1 Å². The molecule has 3 rings (SSSR count). The van der Waals surface area contributed by atoms with Gasteiger partial charge in [0, 0.05) is 13.1 Å². The van der Waals surface area contributed by atoms with Gasteiger partial charge in [-0.2, -0.15) is 0 Å². The van der Waals surface area contributed by atoms with Gasteiger partial charge in [-0.05, 0) is 77.7 Å². The smallest absolute Gasteiger partial charge is 0.410 e. The SMILES string of the molecule is CCOC(=O)CNCC1(N)CCCN(C(=O)OC(C)(C)C)C1COC1CCC(c2ccccc2)CC1. The van der Waals surface area contributed by atoms with E-state index in [9.17, 15) is 9.59 Å². The van der Waals surface area contributed by atoms with Crippen molar-refractivity contribution < 1.29 is 23.8 Å². The van der Waals surface area contributed by atoms with E-state index >= 15 is 0 Å². The first kappa shape index (κ1) is 28.4. The Hall–Kier alpha value is -2.16. The van der Waals surface area contributed by atoms with E-state index in [0.29, 0.717) is 32.2 Å². The molecular weight excluding hydrogens is 458 g/mol. The van der Waals surface area contributed by atoms with Gasteiger partial charge in [-0.3, -0.25) is 4.79 Å². The van der Waals surface area contributed by atoms with Crippen LogP contribution in [0, 0.1) is 0 Å². The van der Waals surface area contributed by atoms with E-state index in [1.807, 2.05) is 20.8 Å². The van der Waals surface area contributed by atoms with Crippen LogP contribution in [-0.4, -0.2) is 73.1 Å². The number of benzene rings is 1. The summed E-state index contributed by atoms with van der Waals surface area (Å²) in [6.45, 7) is 9.08. The largest absolute Gasteiger partial charge is 0.465 e. The minimum atomic E-state index is -0.747. The van der Waals surface area contributed by atoms with Crippen LogP contribution in [-0.2, 0) is 19.0 Å². The third-order valence-electron chi connectivity index (χ3n) is 7.17. The van der Waals surface area contributed by atoms with Crippen molar-refractivity contribution in [3.8, 4) is 0 Å². The number of hydrogen-bond acceptors (Lipinski definition) is 7. The van der Waals surface area contributed by atoms with Crippen molar-refractivity contribution in [3.05, 3.63) is 35.9 Å². The van der Waals surface area contributed by atoms with Crippen molar-refractivity contribution in [1.29, 1.82) is 0 Å². The molecule has 2 unspecified atom stereocenters. The molecule has 2 aliphatic rings. The fourth-order valence-corrected chi connectivity index (χ4v) is 5.34. The monoisotopic (exact) mass is 503 g/mol. The van der Waals surface area contributed by atoms with Crippen molar-refractivity contribution >= 4 is 12.1 Å². The normalized spacial score (nSPS) is 26.9. The lowest BCUT2D eigenvalue weighted by Crippen LogP contribution is -2.69. The van der Waals surface area contributed by atoms with Crippen molar-refractivity contribution in [2.75, 3.05) is 32.8 Å². The molecule has 1 aromatic carbocycles. The van der Waals surface area contributed by atoms with Crippen LogP contribution in [0.25, 0.3) is 0 Å². The van der Waals surface area contributed by atoms with Gasteiger partial charge in [0.15, 0.2) is 0 Å². The maximum absolute atomic E-state index is 13.1. The molecule has 0 radical (unpaired) electrons. The topological polar surface area (TPSA) is 103 Å².